The van der Waals surface area contributed by atoms with Gasteiger partial charge in [-0.1, -0.05) is 60.7 Å². The van der Waals surface area contributed by atoms with Gasteiger partial charge in [0.25, 0.3) is 0 Å². The lowest BCUT2D eigenvalue weighted by Crippen LogP contribution is -2.61. The molecule has 4 aromatic carbocycles. The predicted molar refractivity (Wildman–Crippen MR) is 261 cm³/mol. The van der Waals surface area contributed by atoms with E-state index in [2.05, 4.69) is 108 Å². The van der Waals surface area contributed by atoms with Gasteiger partial charge in [-0.3, -0.25) is 24.0 Å². The number of benzene rings is 4. The van der Waals surface area contributed by atoms with Crippen LogP contribution in [-0.2, 0) is 17.9 Å². The van der Waals surface area contributed by atoms with Crippen LogP contribution in [0.15, 0.2) is 115 Å². The van der Waals surface area contributed by atoms with Gasteiger partial charge in [-0.15, -0.1) is 0 Å². The number of nitrogen functional groups attached to an aromatic ring is 2. The van der Waals surface area contributed by atoms with Crippen molar-refractivity contribution in [2.45, 2.75) is 25.2 Å². The van der Waals surface area contributed by atoms with Crippen molar-refractivity contribution in [3.63, 3.8) is 0 Å². The van der Waals surface area contributed by atoms with Gasteiger partial charge in [0.1, 0.15) is 11.5 Å². The number of rotatable bonds is 14. The van der Waals surface area contributed by atoms with Gasteiger partial charge in [0.15, 0.2) is 17.4 Å². The number of methoxy groups -OCH3 is 2. The highest BCUT2D eigenvalue weighted by molar-refractivity contribution is 9.11. The number of hydrogen-bond donors (Lipinski definition) is 2. The largest absolute Gasteiger partial charge is 0.495 e. The molecule has 0 saturated carbocycles. The van der Waals surface area contributed by atoms with Crippen molar-refractivity contribution in [2.24, 2.45) is 0 Å². The minimum absolute atomic E-state index is 0.0796. The zero-order valence-corrected chi connectivity index (χ0v) is 40.8. The van der Waals surface area contributed by atoms with Crippen LogP contribution in [0.25, 0.3) is 22.5 Å². The quantitative estimate of drug-likeness (QED) is 0.109. The van der Waals surface area contributed by atoms with Crippen LogP contribution in [0.3, 0.4) is 0 Å². The minimum atomic E-state index is -0.569. The van der Waals surface area contributed by atoms with Crippen molar-refractivity contribution in [2.75, 3.05) is 87.8 Å². The Kier molecular flexibility index (Phi) is 14.0. The fourth-order valence-corrected chi connectivity index (χ4v) is 10.4. The molecule has 4 heterocycles. The summed E-state index contributed by atoms with van der Waals surface area (Å²) in [5, 5.41) is 9.70. The molecule has 62 heavy (non-hydrogen) atoms. The van der Waals surface area contributed by atoms with Gasteiger partial charge in [0, 0.05) is 87.0 Å². The molecule has 2 unspecified atom stereocenters. The second-order valence-electron chi connectivity index (χ2n) is 15.3. The third-order valence-corrected chi connectivity index (χ3v) is 14.7. The summed E-state index contributed by atoms with van der Waals surface area (Å²) in [5.41, 5.74) is 18.7. The molecule has 17 heteroatoms. The number of aromatic nitrogens is 4. The van der Waals surface area contributed by atoms with E-state index in [4.69, 9.17) is 31.1 Å². The Bertz CT molecular complexity index is 2330. The molecule has 2 atom stereocenters. The molecule has 2 fully saturated rings. The van der Waals surface area contributed by atoms with Crippen LogP contribution in [-0.4, -0.2) is 114 Å². The van der Waals surface area contributed by atoms with Gasteiger partial charge in [-0.25, -0.2) is 0 Å². The molecule has 2 saturated heterocycles. The summed E-state index contributed by atoms with van der Waals surface area (Å²) >= 11 is 14.7. The molecule has 0 radical (unpaired) electrons. The Labute approximate surface area is 395 Å². The number of anilines is 4. The van der Waals surface area contributed by atoms with Crippen molar-refractivity contribution >= 4 is 92.5 Å². The first-order valence-corrected chi connectivity index (χ1v) is 23.5. The van der Waals surface area contributed by atoms with E-state index in [0.29, 0.717) is 72.9 Å². The van der Waals surface area contributed by atoms with Crippen molar-refractivity contribution in [3.05, 3.63) is 115 Å². The summed E-state index contributed by atoms with van der Waals surface area (Å²) in [6.07, 6.45) is 0. The maximum Gasteiger partial charge on any atom is 0.170 e. The third kappa shape index (κ3) is 9.29. The SMILES string of the molecule is COc1cc(N2CCN(C(Cn3nc(N)c(Br)c3-c3ccccc3)C(=O)C(Cn3nc(N)c(Br)c3-c3ccccc3)N3CCN(c4ccc(Br)c(OC)c4)CC3)CC2)ccc1Br. The van der Waals surface area contributed by atoms with Gasteiger partial charge in [-0.2, -0.15) is 10.2 Å². The summed E-state index contributed by atoms with van der Waals surface area (Å²) in [6.45, 7) is 6.02. The van der Waals surface area contributed by atoms with E-state index < -0.39 is 12.1 Å². The molecule has 4 N–H and O–H groups in total. The highest BCUT2D eigenvalue weighted by atomic mass is 79.9. The van der Waals surface area contributed by atoms with Crippen molar-refractivity contribution in [1.29, 1.82) is 0 Å². The third-order valence-electron chi connectivity index (χ3n) is 11.8. The number of Topliss-reactive ketones (excluding diaryl/α,β-unsaturated/α-hetero) is 1. The van der Waals surface area contributed by atoms with E-state index in [1.54, 1.807) is 14.2 Å². The Balaban J connectivity index is 1.16. The molecule has 0 spiro atoms. The van der Waals surface area contributed by atoms with Gasteiger partial charge >= 0.3 is 0 Å². The van der Waals surface area contributed by atoms with Crippen LogP contribution < -0.4 is 30.7 Å². The van der Waals surface area contributed by atoms with Crippen molar-refractivity contribution < 1.29 is 14.3 Å². The fraction of sp³-hybridized carbons (Fsp3) is 0.311. The molecule has 0 amide bonds. The van der Waals surface area contributed by atoms with Gasteiger partial charge in [0.2, 0.25) is 0 Å². The van der Waals surface area contributed by atoms with E-state index in [0.717, 1.165) is 54.3 Å². The Morgan fingerprint density at radius 2 is 0.952 bits per heavy atom. The smallest absolute Gasteiger partial charge is 0.170 e. The lowest BCUT2D eigenvalue weighted by molar-refractivity contribution is -0.131. The number of nitrogens with two attached hydrogens (primary N) is 2. The first-order chi connectivity index (χ1) is 30.0. The maximum atomic E-state index is 16.0. The molecule has 2 aliphatic heterocycles. The molecule has 2 aromatic heterocycles. The minimum Gasteiger partial charge on any atom is -0.495 e. The van der Waals surface area contributed by atoms with Gasteiger partial charge in [0.05, 0.1) is 68.7 Å². The summed E-state index contributed by atoms with van der Waals surface area (Å²) in [7, 11) is 3.35. The second-order valence-corrected chi connectivity index (χ2v) is 18.6. The average Bonchev–Trinajstić information content (AvgIpc) is 3.75. The monoisotopic (exact) mass is 1090 g/mol. The maximum absolute atomic E-state index is 16.0. The number of ketones is 1. The van der Waals surface area contributed by atoms with Crippen LogP contribution in [0.2, 0.25) is 0 Å². The average molecular weight is 1100 g/mol. The normalized spacial score (nSPS) is 16.0. The van der Waals surface area contributed by atoms with E-state index in [1.807, 2.05) is 82.2 Å². The molecule has 6 aromatic rings. The Morgan fingerprint density at radius 1 is 0.581 bits per heavy atom. The summed E-state index contributed by atoms with van der Waals surface area (Å²) in [4.78, 5) is 25.3. The second kappa shape index (κ2) is 19.6. The van der Waals surface area contributed by atoms with Gasteiger partial charge in [-0.05, 0) is 88.0 Å². The predicted octanol–water partition coefficient (Wildman–Crippen LogP) is 8.30. The lowest BCUT2D eigenvalue weighted by atomic mass is 9.99. The van der Waals surface area contributed by atoms with E-state index in [1.165, 1.54) is 0 Å². The number of piperazine rings is 2. The highest BCUT2D eigenvalue weighted by Crippen LogP contribution is 2.37. The Hall–Kier alpha value is -4.39. The number of hydrogen-bond acceptors (Lipinski definition) is 11. The first kappa shape index (κ1) is 44.2. The lowest BCUT2D eigenvalue weighted by Gasteiger charge is -2.44. The molecular formula is C45H48Br4N10O3. The molecule has 324 valence electrons. The standard InChI is InChI=1S/C45H48Br4N10O3/c1-61-37-25-31(13-15-33(37)46)54-17-21-56(22-18-54)35(27-58-41(39(48)44(50)52-58)29-9-5-3-6-10-29)43(60)36(28-59-42(40(49)45(51)53-59)30-11-7-4-8-12-30)57-23-19-55(20-24-57)32-14-16-34(47)38(26-32)62-2/h3-16,25-26,35-36H,17-24,27-28H2,1-2H3,(H2,50,52)(H2,51,53). The van der Waals surface area contributed by atoms with E-state index in [9.17, 15) is 0 Å². The first-order valence-electron chi connectivity index (χ1n) is 20.4. The topological polar surface area (TPSA) is 136 Å². The zero-order chi connectivity index (χ0) is 43.5. The molecule has 8 rings (SSSR count). The van der Waals surface area contributed by atoms with Crippen LogP contribution in [0, 0.1) is 0 Å². The molecule has 2 aliphatic rings. The van der Waals surface area contributed by atoms with E-state index in [-0.39, 0.29) is 18.9 Å². The summed E-state index contributed by atoms with van der Waals surface area (Å²) in [6, 6.07) is 31.3. The number of ether oxygens (including phenoxy) is 2. The van der Waals surface area contributed by atoms with Crippen LogP contribution in [0.5, 0.6) is 11.5 Å². The molecule has 13 nitrogen and oxygen atoms in total. The fourth-order valence-electron chi connectivity index (χ4n) is 8.52. The number of carbonyl (C=O) groups is 1. The number of halogens is 4. The number of carbonyl (C=O) groups excluding carboxylic acids is 1. The molecule has 0 aliphatic carbocycles. The molecule has 0 bridgehead atoms. The summed E-state index contributed by atoms with van der Waals surface area (Å²) in [5.74, 6) is 2.36. The van der Waals surface area contributed by atoms with Crippen LogP contribution >= 0.6 is 63.7 Å². The zero-order valence-electron chi connectivity index (χ0n) is 34.4. The van der Waals surface area contributed by atoms with Gasteiger partial charge < -0.3 is 30.7 Å². The molecular weight excluding hydrogens is 1050 g/mol. The van der Waals surface area contributed by atoms with E-state index >= 15 is 4.79 Å². The number of nitrogens with zero attached hydrogens (tertiary/aromatic N) is 8. The van der Waals surface area contributed by atoms with Crippen molar-refractivity contribution in [1.82, 2.24) is 29.4 Å². The van der Waals surface area contributed by atoms with Crippen molar-refractivity contribution in [3.8, 4) is 34.0 Å². The van der Waals surface area contributed by atoms with Crippen LogP contribution in [0.4, 0.5) is 23.0 Å². The highest BCUT2D eigenvalue weighted by Gasteiger charge is 2.39. The Morgan fingerprint density at radius 3 is 1.31 bits per heavy atom. The summed E-state index contributed by atoms with van der Waals surface area (Å²) < 4.78 is 18.3. The van der Waals surface area contributed by atoms with Crippen LogP contribution in [0.1, 0.15) is 0 Å².